The van der Waals surface area contributed by atoms with Crippen LogP contribution < -0.4 is 0 Å². The summed E-state index contributed by atoms with van der Waals surface area (Å²) >= 11 is 11.7. The Labute approximate surface area is 97.1 Å². The van der Waals surface area contributed by atoms with E-state index in [4.69, 9.17) is 28.5 Å². The van der Waals surface area contributed by atoms with Crippen molar-refractivity contribution < 1.29 is 0 Å². The molecule has 1 aromatic heterocycles. The van der Waals surface area contributed by atoms with E-state index in [-0.39, 0.29) is 5.02 Å². The first-order valence-electron chi connectivity index (χ1n) is 4.26. The molecule has 0 atom stereocenters. The average Bonchev–Trinajstić information content (AvgIpc) is 2.56. The number of aromatic nitrogens is 1. The number of rotatable bonds is 1. The van der Waals surface area contributed by atoms with E-state index < -0.39 is 0 Å². The van der Waals surface area contributed by atoms with Crippen molar-refractivity contribution in [2.24, 2.45) is 0 Å². The van der Waals surface area contributed by atoms with Gasteiger partial charge in [0, 0.05) is 0 Å². The molecule has 1 N–H and O–H groups in total. The summed E-state index contributed by atoms with van der Waals surface area (Å²) in [6, 6.07) is 11.5. The minimum atomic E-state index is 0.276. The Hall–Kier alpha value is -1.43. The Bertz CT molecular complexity index is 524. The second-order valence-electron chi connectivity index (χ2n) is 2.98. The molecule has 0 amide bonds. The minimum Gasteiger partial charge on any atom is -0.343 e. The maximum Gasteiger partial charge on any atom is 0.127 e. The number of nitriles is 1. The van der Waals surface area contributed by atoms with Crippen LogP contribution in [0.3, 0.4) is 0 Å². The Morgan fingerprint density at radius 3 is 2.40 bits per heavy atom. The van der Waals surface area contributed by atoms with Gasteiger partial charge >= 0.3 is 0 Å². The summed E-state index contributed by atoms with van der Waals surface area (Å²) in [7, 11) is 0. The van der Waals surface area contributed by atoms with Crippen LogP contribution in [0.15, 0.2) is 30.3 Å². The molecule has 2 nitrogen and oxygen atoms in total. The van der Waals surface area contributed by atoms with Crippen molar-refractivity contribution in [2.45, 2.75) is 0 Å². The van der Waals surface area contributed by atoms with Gasteiger partial charge < -0.3 is 4.98 Å². The lowest BCUT2D eigenvalue weighted by atomic mass is 10.1. The number of H-pyrrole nitrogens is 1. The quantitative estimate of drug-likeness (QED) is 0.803. The van der Waals surface area contributed by atoms with Crippen molar-refractivity contribution >= 4 is 23.2 Å². The maximum absolute atomic E-state index is 8.96. The molecule has 0 radical (unpaired) electrons. The van der Waals surface area contributed by atoms with E-state index in [1.54, 1.807) is 0 Å². The lowest BCUT2D eigenvalue weighted by Gasteiger charge is -1.97. The highest BCUT2D eigenvalue weighted by molar-refractivity contribution is 6.42. The van der Waals surface area contributed by atoms with E-state index in [0.717, 1.165) is 5.56 Å². The Morgan fingerprint density at radius 2 is 1.80 bits per heavy atom. The predicted molar refractivity (Wildman–Crippen MR) is 61.0 cm³/mol. The van der Waals surface area contributed by atoms with Gasteiger partial charge in [-0.1, -0.05) is 53.5 Å². The number of hydrogen-bond acceptors (Lipinski definition) is 1. The summed E-state index contributed by atoms with van der Waals surface area (Å²) in [6.45, 7) is 0. The van der Waals surface area contributed by atoms with Crippen molar-refractivity contribution in [3.8, 4) is 17.3 Å². The van der Waals surface area contributed by atoms with Crippen molar-refractivity contribution in [1.29, 1.82) is 5.26 Å². The van der Waals surface area contributed by atoms with Crippen LogP contribution in [0.25, 0.3) is 11.3 Å². The van der Waals surface area contributed by atoms with Crippen LogP contribution in [0.4, 0.5) is 0 Å². The monoisotopic (exact) mass is 236 g/mol. The van der Waals surface area contributed by atoms with Crippen LogP contribution in [0, 0.1) is 11.3 Å². The fraction of sp³-hybridized carbons (Fsp3) is 0. The van der Waals surface area contributed by atoms with Gasteiger partial charge in [-0.25, -0.2) is 0 Å². The van der Waals surface area contributed by atoms with Gasteiger partial charge in [0.25, 0.3) is 0 Å². The largest absolute Gasteiger partial charge is 0.343 e. The third-order valence-electron chi connectivity index (χ3n) is 2.07. The van der Waals surface area contributed by atoms with Crippen LogP contribution in [-0.4, -0.2) is 4.98 Å². The summed E-state index contributed by atoms with van der Waals surface area (Å²) < 4.78 is 0. The van der Waals surface area contributed by atoms with E-state index in [9.17, 15) is 0 Å². The van der Waals surface area contributed by atoms with Gasteiger partial charge in [0.2, 0.25) is 0 Å². The van der Waals surface area contributed by atoms with Crippen LogP contribution in [0.2, 0.25) is 10.2 Å². The first kappa shape index (κ1) is 10.1. The normalized spacial score (nSPS) is 9.93. The molecule has 0 unspecified atom stereocenters. The van der Waals surface area contributed by atoms with Crippen molar-refractivity contribution in [3.05, 3.63) is 46.1 Å². The van der Waals surface area contributed by atoms with Crippen LogP contribution in [-0.2, 0) is 0 Å². The standard InChI is InChI=1S/C11H6Cl2N2/c12-9-8(6-14)10(15-11(9)13)7-4-2-1-3-5-7/h1-5,15H. The van der Waals surface area contributed by atoms with Crippen molar-refractivity contribution in [1.82, 2.24) is 4.98 Å². The molecule has 0 saturated heterocycles. The summed E-state index contributed by atoms with van der Waals surface area (Å²) in [5, 5.41) is 9.53. The zero-order valence-corrected chi connectivity index (χ0v) is 9.10. The van der Waals surface area contributed by atoms with Gasteiger partial charge in [0.15, 0.2) is 0 Å². The maximum atomic E-state index is 8.96. The van der Waals surface area contributed by atoms with E-state index in [0.29, 0.717) is 16.4 Å². The number of nitrogens with zero attached hydrogens (tertiary/aromatic N) is 1. The smallest absolute Gasteiger partial charge is 0.127 e. The lowest BCUT2D eigenvalue weighted by Crippen LogP contribution is -1.80. The Morgan fingerprint density at radius 1 is 1.13 bits per heavy atom. The predicted octanol–water partition coefficient (Wildman–Crippen LogP) is 3.86. The highest BCUT2D eigenvalue weighted by atomic mass is 35.5. The molecule has 1 aromatic carbocycles. The van der Waals surface area contributed by atoms with Gasteiger partial charge in [0.05, 0.1) is 16.3 Å². The zero-order valence-electron chi connectivity index (χ0n) is 7.59. The Balaban J connectivity index is 2.65. The van der Waals surface area contributed by atoms with E-state index in [1.165, 1.54) is 0 Å². The molecular weight excluding hydrogens is 231 g/mol. The van der Waals surface area contributed by atoms with Gasteiger partial charge in [-0.05, 0) is 5.56 Å². The molecule has 15 heavy (non-hydrogen) atoms. The van der Waals surface area contributed by atoms with E-state index >= 15 is 0 Å². The molecule has 2 aromatic rings. The van der Waals surface area contributed by atoms with Gasteiger partial charge in [-0.3, -0.25) is 0 Å². The summed E-state index contributed by atoms with van der Waals surface area (Å²) in [6.07, 6.45) is 0. The fourth-order valence-electron chi connectivity index (χ4n) is 1.37. The molecule has 0 bridgehead atoms. The molecule has 0 saturated carbocycles. The summed E-state index contributed by atoms with van der Waals surface area (Å²) in [5.74, 6) is 0. The van der Waals surface area contributed by atoms with E-state index in [2.05, 4.69) is 4.98 Å². The van der Waals surface area contributed by atoms with Crippen LogP contribution in [0.1, 0.15) is 5.56 Å². The van der Waals surface area contributed by atoms with Crippen LogP contribution in [0.5, 0.6) is 0 Å². The molecule has 4 heteroatoms. The minimum absolute atomic E-state index is 0.276. The SMILES string of the molecule is N#Cc1c(-c2ccccc2)[nH]c(Cl)c1Cl. The number of halogens is 2. The molecule has 0 aliphatic rings. The highest BCUT2D eigenvalue weighted by Gasteiger charge is 2.15. The topological polar surface area (TPSA) is 39.6 Å². The number of aromatic amines is 1. The summed E-state index contributed by atoms with van der Waals surface area (Å²) in [5.41, 5.74) is 1.93. The third kappa shape index (κ3) is 1.72. The molecule has 2 rings (SSSR count). The fourth-order valence-corrected chi connectivity index (χ4v) is 1.75. The molecule has 0 aliphatic heterocycles. The van der Waals surface area contributed by atoms with Gasteiger partial charge in [-0.2, -0.15) is 5.26 Å². The molecule has 0 fully saturated rings. The van der Waals surface area contributed by atoms with Crippen LogP contribution >= 0.6 is 23.2 Å². The second kappa shape index (κ2) is 3.98. The van der Waals surface area contributed by atoms with E-state index in [1.807, 2.05) is 36.4 Å². The number of nitrogens with one attached hydrogen (secondary N) is 1. The molecular formula is C11H6Cl2N2. The van der Waals surface area contributed by atoms with Gasteiger partial charge in [-0.15, -0.1) is 0 Å². The first-order valence-corrected chi connectivity index (χ1v) is 5.02. The molecule has 74 valence electrons. The average molecular weight is 237 g/mol. The van der Waals surface area contributed by atoms with Gasteiger partial charge in [0.1, 0.15) is 11.2 Å². The zero-order chi connectivity index (χ0) is 10.8. The number of benzene rings is 1. The van der Waals surface area contributed by atoms with Crippen molar-refractivity contribution in [3.63, 3.8) is 0 Å². The number of hydrogen-bond donors (Lipinski definition) is 1. The second-order valence-corrected chi connectivity index (χ2v) is 3.74. The molecule has 1 heterocycles. The van der Waals surface area contributed by atoms with Crippen molar-refractivity contribution in [2.75, 3.05) is 0 Å². The first-order chi connectivity index (χ1) is 7.24. The molecule has 0 spiro atoms. The Kier molecular flexibility index (Phi) is 2.68. The lowest BCUT2D eigenvalue weighted by molar-refractivity contribution is 1.39. The third-order valence-corrected chi connectivity index (χ3v) is 2.83. The molecule has 0 aliphatic carbocycles. The summed E-state index contributed by atoms with van der Waals surface area (Å²) in [4.78, 5) is 2.89. The highest BCUT2D eigenvalue weighted by Crippen LogP contribution is 2.33.